The Morgan fingerprint density at radius 2 is 2.15 bits per heavy atom. The van der Waals surface area contributed by atoms with E-state index in [-0.39, 0.29) is 22.6 Å². The number of rotatable bonds is 4. The Labute approximate surface area is 194 Å². The Morgan fingerprint density at radius 1 is 1.29 bits per heavy atom. The minimum atomic E-state index is -0.552. The molecule has 0 saturated heterocycles. The number of benzene rings is 1. The number of hydrogen-bond acceptors (Lipinski definition) is 6. The van der Waals surface area contributed by atoms with Crippen LogP contribution in [0.25, 0.3) is 10.9 Å². The highest BCUT2D eigenvalue weighted by atomic mass is 19.1. The van der Waals surface area contributed by atoms with Gasteiger partial charge in [0.2, 0.25) is 5.88 Å². The van der Waals surface area contributed by atoms with Crippen molar-refractivity contribution in [2.24, 2.45) is 0 Å². The highest BCUT2D eigenvalue weighted by molar-refractivity contribution is 5.98. The third-order valence-electron chi connectivity index (χ3n) is 6.76. The van der Waals surface area contributed by atoms with E-state index in [1.807, 2.05) is 6.07 Å². The van der Waals surface area contributed by atoms with E-state index in [0.29, 0.717) is 30.2 Å². The predicted octanol–water partition coefficient (Wildman–Crippen LogP) is 4.25. The largest absolute Gasteiger partial charge is 0.436 e. The number of H-pyrrole nitrogens is 1. The van der Waals surface area contributed by atoms with Gasteiger partial charge in [-0.25, -0.2) is 19.2 Å². The third kappa shape index (κ3) is 3.50. The van der Waals surface area contributed by atoms with Crippen molar-refractivity contribution in [3.63, 3.8) is 0 Å². The molecule has 3 aromatic heterocycles. The van der Waals surface area contributed by atoms with Gasteiger partial charge in [-0.3, -0.25) is 15.0 Å². The van der Waals surface area contributed by atoms with Gasteiger partial charge in [-0.15, -0.1) is 0 Å². The van der Waals surface area contributed by atoms with E-state index in [1.54, 1.807) is 12.1 Å². The van der Waals surface area contributed by atoms with Crippen molar-refractivity contribution in [1.82, 2.24) is 30.0 Å². The number of hydrogen-bond donors (Lipinski definition) is 3. The fourth-order valence-electron chi connectivity index (χ4n) is 4.36. The van der Waals surface area contributed by atoms with Crippen LogP contribution in [-0.2, 0) is 18.4 Å². The van der Waals surface area contributed by atoms with Crippen LogP contribution in [0.3, 0.4) is 0 Å². The zero-order valence-electron chi connectivity index (χ0n) is 18.9. The fourth-order valence-corrected chi connectivity index (χ4v) is 4.36. The Bertz CT molecular complexity index is 1420. The van der Waals surface area contributed by atoms with Crippen molar-refractivity contribution in [2.75, 3.05) is 5.32 Å². The summed E-state index contributed by atoms with van der Waals surface area (Å²) in [6, 6.07) is 6.42. The summed E-state index contributed by atoms with van der Waals surface area (Å²) in [6.07, 6.45) is 5.83. The van der Waals surface area contributed by atoms with Crippen LogP contribution in [0, 0.1) is 5.82 Å². The van der Waals surface area contributed by atoms with E-state index in [1.165, 1.54) is 23.2 Å². The molecule has 1 amide bonds. The molecule has 0 radical (unpaired) electrons. The zero-order chi connectivity index (χ0) is 23.4. The van der Waals surface area contributed by atoms with Gasteiger partial charge < -0.3 is 10.1 Å². The highest BCUT2D eigenvalue weighted by Gasteiger charge is 2.41. The van der Waals surface area contributed by atoms with Crippen molar-refractivity contribution in [3.05, 3.63) is 59.6 Å². The Hall–Kier alpha value is -3.79. The highest BCUT2D eigenvalue weighted by Crippen LogP contribution is 2.47. The molecule has 1 aliphatic carbocycles. The van der Waals surface area contributed by atoms with Crippen LogP contribution >= 0.6 is 0 Å². The summed E-state index contributed by atoms with van der Waals surface area (Å²) in [5.41, 5.74) is 3.19. The molecule has 174 valence electrons. The molecule has 9 nitrogen and oxygen atoms in total. The molecule has 1 aliphatic heterocycles. The molecule has 1 saturated carbocycles. The monoisotopic (exact) mass is 461 g/mol. The van der Waals surface area contributed by atoms with Crippen LogP contribution in [-0.4, -0.2) is 36.8 Å². The molecular weight excluding hydrogens is 437 g/mol. The molecule has 1 unspecified atom stereocenters. The Kier molecular flexibility index (Phi) is 4.66. The number of carbonyl (C=O) groups is 1. The summed E-state index contributed by atoms with van der Waals surface area (Å²) in [4.78, 5) is 21.4. The molecule has 0 bridgehead atoms. The SMILES string of the molecule is CC1Cc2c(ncnc2Oc2ccc3c(ccn3C(=O)Nc3cc(C4(C)CC4)n[nH]3)c2F)CN1. The van der Waals surface area contributed by atoms with Gasteiger partial charge in [0.1, 0.15) is 12.1 Å². The van der Waals surface area contributed by atoms with Gasteiger partial charge in [-0.05, 0) is 44.4 Å². The molecule has 0 spiro atoms. The van der Waals surface area contributed by atoms with E-state index in [0.717, 1.165) is 29.8 Å². The molecule has 1 aromatic carbocycles. The first-order chi connectivity index (χ1) is 16.4. The Morgan fingerprint density at radius 3 is 2.97 bits per heavy atom. The molecule has 10 heteroatoms. The third-order valence-corrected chi connectivity index (χ3v) is 6.76. The number of fused-ring (bicyclic) bond motifs is 2. The van der Waals surface area contributed by atoms with Crippen molar-refractivity contribution >= 4 is 22.8 Å². The van der Waals surface area contributed by atoms with Gasteiger partial charge in [0.05, 0.1) is 16.9 Å². The average Bonchev–Trinajstić information content (AvgIpc) is 3.22. The van der Waals surface area contributed by atoms with Crippen LogP contribution in [0.5, 0.6) is 11.6 Å². The standard InChI is InChI=1S/C24H24FN7O2/c1-13-9-15-16(11-26-13)27-12-28-22(15)34-18-4-3-17-14(21(18)25)5-8-32(17)23(33)29-20-10-19(30-31-20)24(2)6-7-24/h3-5,8,10,12-13,26H,6-7,9,11H2,1-2H3,(H2,29,30,31,33). The number of aromatic amines is 1. The second kappa shape index (κ2) is 7.63. The summed E-state index contributed by atoms with van der Waals surface area (Å²) in [7, 11) is 0. The number of ether oxygens (including phenoxy) is 1. The lowest BCUT2D eigenvalue weighted by molar-refractivity contribution is 0.254. The van der Waals surface area contributed by atoms with Gasteiger partial charge in [0.15, 0.2) is 11.6 Å². The maximum atomic E-state index is 15.4. The molecule has 4 aromatic rings. The summed E-state index contributed by atoms with van der Waals surface area (Å²) >= 11 is 0. The second-order valence-electron chi connectivity index (χ2n) is 9.35. The first-order valence-corrected chi connectivity index (χ1v) is 11.3. The molecule has 2 aliphatic rings. The van der Waals surface area contributed by atoms with Gasteiger partial charge in [-0.2, -0.15) is 5.10 Å². The lowest BCUT2D eigenvalue weighted by Gasteiger charge is -2.23. The summed E-state index contributed by atoms with van der Waals surface area (Å²) in [5, 5.41) is 13.6. The second-order valence-corrected chi connectivity index (χ2v) is 9.35. The number of nitrogens with one attached hydrogen (secondary N) is 3. The summed E-state index contributed by atoms with van der Waals surface area (Å²) < 4.78 is 22.6. The lowest BCUT2D eigenvalue weighted by Crippen LogP contribution is -2.33. The van der Waals surface area contributed by atoms with Crippen molar-refractivity contribution < 1.29 is 13.9 Å². The number of anilines is 1. The van der Waals surface area contributed by atoms with Gasteiger partial charge in [0.25, 0.3) is 0 Å². The number of aromatic nitrogens is 5. The van der Waals surface area contributed by atoms with E-state index >= 15 is 4.39 Å². The molecule has 34 heavy (non-hydrogen) atoms. The maximum absolute atomic E-state index is 15.4. The quantitative estimate of drug-likeness (QED) is 0.419. The molecule has 1 atom stereocenters. The van der Waals surface area contributed by atoms with Crippen LogP contribution in [0.2, 0.25) is 0 Å². The minimum Gasteiger partial charge on any atom is -0.436 e. The van der Waals surface area contributed by atoms with Gasteiger partial charge in [0, 0.05) is 41.2 Å². The maximum Gasteiger partial charge on any atom is 0.331 e. The van der Waals surface area contributed by atoms with Crippen molar-refractivity contribution in [2.45, 2.75) is 51.1 Å². The smallest absolute Gasteiger partial charge is 0.331 e. The molecular formula is C24H24FN7O2. The van der Waals surface area contributed by atoms with E-state index < -0.39 is 11.8 Å². The average molecular weight is 462 g/mol. The van der Waals surface area contributed by atoms with Crippen LogP contribution in [0.1, 0.15) is 43.6 Å². The summed E-state index contributed by atoms with van der Waals surface area (Å²) in [5.74, 6) is 0.360. The van der Waals surface area contributed by atoms with Gasteiger partial charge >= 0.3 is 6.03 Å². The first kappa shape index (κ1) is 20.8. The fraction of sp³-hybridized carbons (Fsp3) is 0.333. The normalized spacial score (nSPS) is 18.5. The van der Waals surface area contributed by atoms with Crippen LogP contribution < -0.4 is 15.4 Å². The molecule has 4 heterocycles. The van der Waals surface area contributed by atoms with Crippen molar-refractivity contribution in [1.29, 1.82) is 0 Å². The zero-order valence-corrected chi connectivity index (χ0v) is 18.9. The lowest BCUT2D eigenvalue weighted by atomic mass is 10.0. The first-order valence-electron chi connectivity index (χ1n) is 11.3. The number of nitrogens with zero attached hydrogens (tertiary/aromatic N) is 4. The molecule has 6 rings (SSSR count). The van der Waals surface area contributed by atoms with E-state index in [4.69, 9.17) is 4.74 Å². The Balaban J connectivity index is 1.26. The molecule has 1 fully saturated rings. The number of amides is 1. The summed E-state index contributed by atoms with van der Waals surface area (Å²) in [6.45, 7) is 4.83. The topological polar surface area (TPSA) is 110 Å². The number of halogens is 1. The minimum absolute atomic E-state index is 0.0497. The van der Waals surface area contributed by atoms with Crippen LogP contribution in [0.4, 0.5) is 15.0 Å². The molecule has 3 N–H and O–H groups in total. The van der Waals surface area contributed by atoms with Crippen molar-refractivity contribution in [3.8, 4) is 11.6 Å². The predicted molar refractivity (Wildman–Crippen MR) is 124 cm³/mol. The van der Waals surface area contributed by atoms with E-state index in [2.05, 4.69) is 44.6 Å². The van der Waals surface area contributed by atoms with Gasteiger partial charge in [-0.1, -0.05) is 6.92 Å². The van der Waals surface area contributed by atoms with E-state index in [9.17, 15) is 4.79 Å². The van der Waals surface area contributed by atoms with Crippen LogP contribution in [0.15, 0.2) is 36.8 Å². The number of carbonyl (C=O) groups excluding carboxylic acids is 1.